The standard InChI is InChI=1S/C10H13N5OS/c11-14-12-3-1-2-9-8-17-10(13-9)15-4-6-16-7-5-15/h1-2,8H,3-7H2. The molecule has 1 aromatic heterocycles. The second-order valence-electron chi connectivity index (χ2n) is 3.47. The van der Waals surface area contributed by atoms with E-state index in [9.17, 15) is 0 Å². The third-order valence-electron chi connectivity index (χ3n) is 2.33. The Kier molecular flexibility index (Phi) is 4.37. The van der Waals surface area contributed by atoms with Crippen molar-refractivity contribution in [3.05, 3.63) is 27.6 Å². The van der Waals surface area contributed by atoms with Crippen LogP contribution in [-0.2, 0) is 4.74 Å². The molecule has 0 saturated carbocycles. The highest BCUT2D eigenvalue weighted by Crippen LogP contribution is 2.21. The Labute approximate surface area is 103 Å². The van der Waals surface area contributed by atoms with Crippen molar-refractivity contribution < 1.29 is 4.74 Å². The molecule has 1 fully saturated rings. The van der Waals surface area contributed by atoms with Gasteiger partial charge in [-0.25, -0.2) is 4.98 Å². The fourth-order valence-electron chi connectivity index (χ4n) is 1.51. The minimum atomic E-state index is 0.362. The Bertz CT molecular complexity index is 432. The molecule has 0 spiro atoms. The minimum absolute atomic E-state index is 0.362. The van der Waals surface area contributed by atoms with Crippen LogP contribution >= 0.6 is 11.3 Å². The van der Waals surface area contributed by atoms with Crippen molar-refractivity contribution in [1.82, 2.24) is 4.98 Å². The van der Waals surface area contributed by atoms with E-state index >= 15 is 0 Å². The lowest BCUT2D eigenvalue weighted by Gasteiger charge is -2.25. The van der Waals surface area contributed by atoms with E-state index in [4.69, 9.17) is 10.3 Å². The van der Waals surface area contributed by atoms with Crippen molar-refractivity contribution >= 4 is 22.5 Å². The van der Waals surface area contributed by atoms with Gasteiger partial charge in [-0.15, -0.1) is 11.3 Å². The SMILES string of the molecule is [N-]=[N+]=NCC=Cc1csc(N2CCOCC2)n1. The van der Waals surface area contributed by atoms with Crippen molar-refractivity contribution in [3.63, 3.8) is 0 Å². The van der Waals surface area contributed by atoms with E-state index in [0.717, 1.165) is 37.1 Å². The highest BCUT2D eigenvalue weighted by atomic mass is 32.1. The highest BCUT2D eigenvalue weighted by molar-refractivity contribution is 7.13. The number of azide groups is 1. The van der Waals surface area contributed by atoms with Crippen LogP contribution in [-0.4, -0.2) is 37.8 Å². The van der Waals surface area contributed by atoms with Gasteiger partial charge in [-0.3, -0.25) is 0 Å². The lowest BCUT2D eigenvalue weighted by atomic mass is 10.4. The molecule has 7 heteroatoms. The number of ether oxygens (including phenoxy) is 1. The average Bonchev–Trinajstić information content (AvgIpc) is 2.85. The number of rotatable bonds is 4. The predicted octanol–water partition coefficient (Wildman–Crippen LogP) is 2.30. The van der Waals surface area contributed by atoms with Gasteiger partial charge in [0.25, 0.3) is 0 Å². The second kappa shape index (κ2) is 6.24. The van der Waals surface area contributed by atoms with Gasteiger partial charge in [-0.05, 0) is 11.6 Å². The number of morpholine rings is 1. The molecule has 0 N–H and O–H groups in total. The topological polar surface area (TPSA) is 74.1 Å². The van der Waals surface area contributed by atoms with Crippen molar-refractivity contribution in [2.45, 2.75) is 0 Å². The molecule has 2 rings (SSSR count). The van der Waals surface area contributed by atoms with E-state index in [-0.39, 0.29) is 0 Å². The zero-order chi connectivity index (χ0) is 11.9. The van der Waals surface area contributed by atoms with Crippen LogP contribution in [0.4, 0.5) is 5.13 Å². The number of anilines is 1. The third kappa shape index (κ3) is 3.45. The van der Waals surface area contributed by atoms with Crippen LogP contribution in [0.3, 0.4) is 0 Å². The first kappa shape index (κ1) is 11.9. The molecule has 90 valence electrons. The van der Waals surface area contributed by atoms with Gasteiger partial charge in [-0.1, -0.05) is 11.2 Å². The van der Waals surface area contributed by atoms with Gasteiger partial charge in [0.1, 0.15) is 0 Å². The molecule has 0 aliphatic carbocycles. The fraction of sp³-hybridized carbons (Fsp3) is 0.500. The van der Waals surface area contributed by atoms with E-state index in [1.165, 1.54) is 0 Å². The van der Waals surface area contributed by atoms with Crippen LogP contribution in [0, 0.1) is 0 Å². The maximum absolute atomic E-state index is 8.13. The summed E-state index contributed by atoms with van der Waals surface area (Å²) in [5.41, 5.74) is 9.04. The minimum Gasteiger partial charge on any atom is -0.378 e. The Hall–Kier alpha value is -1.56. The molecule has 0 unspecified atom stereocenters. The first-order valence-electron chi connectivity index (χ1n) is 5.36. The van der Waals surface area contributed by atoms with Gasteiger partial charge >= 0.3 is 0 Å². The quantitative estimate of drug-likeness (QED) is 0.468. The van der Waals surface area contributed by atoms with Crippen LogP contribution in [0.2, 0.25) is 0 Å². The summed E-state index contributed by atoms with van der Waals surface area (Å²) in [6, 6.07) is 0. The number of hydrogen-bond donors (Lipinski definition) is 0. The second-order valence-corrected chi connectivity index (χ2v) is 4.31. The van der Waals surface area contributed by atoms with E-state index < -0.39 is 0 Å². The normalized spacial score (nSPS) is 16.1. The molecule has 0 atom stereocenters. The summed E-state index contributed by atoms with van der Waals surface area (Å²) in [6.45, 7) is 3.69. The molecule has 1 saturated heterocycles. The Morgan fingerprint density at radius 1 is 1.59 bits per heavy atom. The zero-order valence-corrected chi connectivity index (χ0v) is 10.1. The maximum Gasteiger partial charge on any atom is 0.185 e. The van der Waals surface area contributed by atoms with E-state index in [2.05, 4.69) is 19.9 Å². The molecular weight excluding hydrogens is 238 g/mol. The maximum atomic E-state index is 8.13. The molecule has 0 radical (unpaired) electrons. The Balaban J connectivity index is 1.95. The van der Waals surface area contributed by atoms with Gasteiger partial charge in [0.2, 0.25) is 0 Å². The van der Waals surface area contributed by atoms with Gasteiger partial charge in [0.05, 0.1) is 18.9 Å². The molecule has 0 aromatic carbocycles. The van der Waals surface area contributed by atoms with E-state index in [1.54, 1.807) is 17.4 Å². The number of hydrogen-bond acceptors (Lipinski definition) is 5. The van der Waals surface area contributed by atoms with Crippen LogP contribution in [0.15, 0.2) is 16.6 Å². The summed E-state index contributed by atoms with van der Waals surface area (Å²) in [4.78, 5) is 9.40. The molecular formula is C10H13N5OS. The Morgan fingerprint density at radius 2 is 2.41 bits per heavy atom. The molecule has 0 bridgehead atoms. The van der Waals surface area contributed by atoms with Crippen molar-refractivity contribution in [1.29, 1.82) is 0 Å². The summed E-state index contributed by atoms with van der Waals surface area (Å²) in [7, 11) is 0. The lowest BCUT2D eigenvalue weighted by molar-refractivity contribution is 0.122. The summed E-state index contributed by atoms with van der Waals surface area (Å²) in [5.74, 6) is 0. The monoisotopic (exact) mass is 251 g/mol. The summed E-state index contributed by atoms with van der Waals surface area (Å²) < 4.78 is 5.29. The smallest absolute Gasteiger partial charge is 0.185 e. The molecule has 1 aliphatic rings. The van der Waals surface area contributed by atoms with Crippen molar-refractivity contribution in [2.24, 2.45) is 5.11 Å². The fourth-order valence-corrected chi connectivity index (χ4v) is 2.36. The van der Waals surface area contributed by atoms with Gasteiger partial charge in [0, 0.05) is 29.9 Å². The molecule has 2 heterocycles. The van der Waals surface area contributed by atoms with Crippen LogP contribution in [0.25, 0.3) is 16.5 Å². The molecule has 6 nitrogen and oxygen atoms in total. The summed E-state index contributed by atoms with van der Waals surface area (Å²) in [6.07, 6.45) is 3.67. The lowest BCUT2D eigenvalue weighted by Crippen LogP contribution is -2.36. The summed E-state index contributed by atoms with van der Waals surface area (Å²) in [5, 5.41) is 6.45. The van der Waals surface area contributed by atoms with E-state index in [1.807, 2.05) is 11.5 Å². The van der Waals surface area contributed by atoms with Crippen LogP contribution in [0.1, 0.15) is 5.69 Å². The van der Waals surface area contributed by atoms with Gasteiger partial charge in [-0.2, -0.15) is 0 Å². The van der Waals surface area contributed by atoms with Crippen molar-refractivity contribution in [3.8, 4) is 0 Å². The first-order chi connectivity index (χ1) is 8.40. The van der Waals surface area contributed by atoms with Gasteiger partial charge < -0.3 is 9.64 Å². The summed E-state index contributed by atoms with van der Waals surface area (Å²) >= 11 is 1.62. The number of aromatic nitrogens is 1. The van der Waals surface area contributed by atoms with E-state index in [0.29, 0.717) is 6.54 Å². The van der Waals surface area contributed by atoms with Gasteiger partial charge in [0.15, 0.2) is 5.13 Å². The molecule has 17 heavy (non-hydrogen) atoms. The first-order valence-corrected chi connectivity index (χ1v) is 6.24. The largest absolute Gasteiger partial charge is 0.378 e. The molecule has 0 amide bonds. The Morgan fingerprint density at radius 3 is 3.18 bits per heavy atom. The number of thiazole rings is 1. The van der Waals surface area contributed by atoms with Crippen LogP contribution in [0.5, 0.6) is 0 Å². The molecule has 1 aromatic rings. The predicted molar refractivity (Wildman–Crippen MR) is 68.2 cm³/mol. The average molecular weight is 251 g/mol. The zero-order valence-electron chi connectivity index (χ0n) is 9.32. The number of nitrogens with zero attached hydrogens (tertiary/aromatic N) is 5. The highest BCUT2D eigenvalue weighted by Gasteiger charge is 2.13. The molecule has 1 aliphatic heterocycles. The van der Waals surface area contributed by atoms with Crippen molar-refractivity contribution in [2.75, 3.05) is 37.7 Å². The van der Waals surface area contributed by atoms with Crippen LogP contribution < -0.4 is 4.90 Å². The third-order valence-corrected chi connectivity index (χ3v) is 3.25.